The third-order valence-electron chi connectivity index (χ3n) is 5.58. The molecule has 0 saturated heterocycles. The van der Waals surface area contributed by atoms with Crippen LogP contribution in [-0.2, 0) is 6.54 Å². The van der Waals surface area contributed by atoms with Crippen LogP contribution in [0.1, 0.15) is 44.0 Å². The van der Waals surface area contributed by atoms with E-state index in [1.165, 1.54) is 6.07 Å². The van der Waals surface area contributed by atoms with Gasteiger partial charge in [-0.05, 0) is 51.0 Å². The number of aromatic nitrogens is 4. The molecule has 7 heteroatoms. The minimum atomic E-state index is -0.351. The molecular formula is C28H28FN5S. The van der Waals surface area contributed by atoms with Gasteiger partial charge in [0.15, 0.2) is 0 Å². The van der Waals surface area contributed by atoms with Crippen molar-refractivity contribution in [3.8, 4) is 11.3 Å². The van der Waals surface area contributed by atoms with Gasteiger partial charge in [-0.15, -0.1) is 11.3 Å². The molecule has 0 fully saturated rings. The second-order valence-corrected chi connectivity index (χ2v) is 9.10. The van der Waals surface area contributed by atoms with Gasteiger partial charge < -0.3 is 5.32 Å². The maximum absolute atomic E-state index is 15.0. The lowest BCUT2D eigenvalue weighted by atomic mass is 10.1. The number of halogens is 1. The normalized spacial score (nSPS) is 12.6. The van der Waals surface area contributed by atoms with Gasteiger partial charge in [0, 0.05) is 29.4 Å². The van der Waals surface area contributed by atoms with E-state index in [0.29, 0.717) is 18.1 Å². The minimum Gasteiger partial charge on any atom is -0.366 e. The number of hydrogen-bond donors (Lipinski definition) is 1. The van der Waals surface area contributed by atoms with E-state index in [-0.39, 0.29) is 5.82 Å². The standard InChI is InChI=1S/C28H28FN5S/c1-5-7-18(3)11-21(8-6-2)27-23(29)12-20(14-30-27)15-31-28-19(4)26(32-16-33-28)22-9-10-24-25(13-22)35-17-34-24/h6-14,16-17H,5,15H2,1-4H3,(H,31,32,33)/b8-6-,18-7+,21-11+. The Morgan fingerprint density at radius 2 is 2.00 bits per heavy atom. The number of rotatable bonds is 8. The molecule has 0 aliphatic carbocycles. The van der Waals surface area contributed by atoms with Crippen LogP contribution in [0.2, 0.25) is 0 Å². The van der Waals surface area contributed by atoms with Gasteiger partial charge in [0.2, 0.25) is 0 Å². The van der Waals surface area contributed by atoms with E-state index in [0.717, 1.165) is 50.2 Å². The molecule has 3 heterocycles. The number of nitrogens with zero attached hydrogens (tertiary/aromatic N) is 4. The van der Waals surface area contributed by atoms with Crippen LogP contribution < -0.4 is 5.32 Å². The second-order valence-electron chi connectivity index (χ2n) is 8.21. The van der Waals surface area contributed by atoms with Crippen LogP contribution in [0, 0.1) is 12.7 Å². The maximum Gasteiger partial charge on any atom is 0.149 e. The van der Waals surface area contributed by atoms with Crippen molar-refractivity contribution in [2.75, 3.05) is 5.32 Å². The fourth-order valence-corrected chi connectivity index (χ4v) is 4.61. The SMILES string of the molecule is C\C=C/C(=C\C(C)=C\CC)c1ncc(CNc2ncnc(-c3ccc4ncsc4c3)c2C)cc1F. The summed E-state index contributed by atoms with van der Waals surface area (Å²) in [5, 5.41) is 3.32. The summed E-state index contributed by atoms with van der Waals surface area (Å²) in [6, 6.07) is 7.65. The molecule has 35 heavy (non-hydrogen) atoms. The Morgan fingerprint density at radius 3 is 2.77 bits per heavy atom. The van der Waals surface area contributed by atoms with E-state index in [9.17, 15) is 0 Å². The largest absolute Gasteiger partial charge is 0.366 e. The van der Waals surface area contributed by atoms with Crippen LogP contribution in [0.3, 0.4) is 0 Å². The number of benzene rings is 1. The van der Waals surface area contributed by atoms with Crippen LogP contribution in [0.5, 0.6) is 0 Å². The maximum atomic E-state index is 15.0. The van der Waals surface area contributed by atoms with Gasteiger partial charge in [-0.2, -0.15) is 0 Å². The number of pyridine rings is 1. The van der Waals surface area contributed by atoms with Crippen molar-refractivity contribution in [2.45, 2.75) is 40.7 Å². The van der Waals surface area contributed by atoms with Crippen molar-refractivity contribution in [2.24, 2.45) is 0 Å². The summed E-state index contributed by atoms with van der Waals surface area (Å²) in [6.45, 7) is 8.38. The van der Waals surface area contributed by atoms with Crippen LogP contribution in [0.25, 0.3) is 27.0 Å². The first kappa shape index (κ1) is 24.4. The molecule has 1 N–H and O–H groups in total. The van der Waals surface area contributed by atoms with E-state index in [2.05, 4.69) is 44.3 Å². The number of thiazole rings is 1. The zero-order valence-corrected chi connectivity index (χ0v) is 21.2. The highest BCUT2D eigenvalue weighted by Gasteiger charge is 2.12. The van der Waals surface area contributed by atoms with Gasteiger partial charge in [0.25, 0.3) is 0 Å². The quantitative estimate of drug-likeness (QED) is 0.261. The Hall–Kier alpha value is -3.71. The Kier molecular flexibility index (Phi) is 7.77. The molecule has 0 saturated carbocycles. The summed E-state index contributed by atoms with van der Waals surface area (Å²) in [6.07, 6.45) is 12.0. The van der Waals surface area contributed by atoms with Gasteiger partial charge in [0.1, 0.15) is 23.7 Å². The highest BCUT2D eigenvalue weighted by Crippen LogP contribution is 2.29. The first-order valence-corrected chi connectivity index (χ1v) is 12.4. The van der Waals surface area contributed by atoms with Crippen molar-refractivity contribution in [3.63, 3.8) is 0 Å². The molecule has 4 aromatic rings. The molecule has 0 spiro atoms. The van der Waals surface area contributed by atoms with Crippen molar-refractivity contribution in [1.82, 2.24) is 19.9 Å². The van der Waals surface area contributed by atoms with Crippen molar-refractivity contribution in [3.05, 3.63) is 94.8 Å². The monoisotopic (exact) mass is 485 g/mol. The van der Waals surface area contributed by atoms with Crippen LogP contribution in [-0.4, -0.2) is 19.9 Å². The Morgan fingerprint density at radius 1 is 1.14 bits per heavy atom. The first-order chi connectivity index (χ1) is 17.0. The molecule has 0 radical (unpaired) electrons. The van der Waals surface area contributed by atoms with Crippen LogP contribution >= 0.6 is 11.3 Å². The summed E-state index contributed by atoms with van der Waals surface area (Å²) in [7, 11) is 0. The molecule has 0 unspecified atom stereocenters. The van der Waals surface area contributed by atoms with Gasteiger partial charge in [-0.3, -0.25) is 4.98 Å². The molecule has 0 aliphatic heterocycles. The lowest BCUT2D eigenvalue weighted by molar-refractivity contribution is 0.614. The predicted octanol–water partition coefficient (Wildman–Crippen LogP) is 7.52. The highest BCUT2D eigenvalue weighted by atomic mass is 32.1. The fourth-order valence-electron chi connectivity index (χ4n) is 3.90. The van der Waals surface area contributed by atoms with Crippen LogP contribution in [0.15, 0.2) is 72.2 Å². The zero-order chi connectivity index (χ0) is 24.8. The highest BCUT2D eigenvalue weighted by molar-refractivity contribution is 7.16. The minimum absolute atomic E-state index is 0.342. The topological polar surface area (TPSA) is 63.6 Å². The lowest BCUT2D eigenvalue weighted by Gasteiger charge is -2.12. The predicted molar refractivity (Wildman–Crippen MR) is 144 cm³/mol. The van der Waals surface area contributed by atoms with E-state index in [4.69, 9.17) is 0 Å². The molecule has 3 aromatic heterocycles. The fraction of sp³-hybridized carbons (Fsp3) is 0.214. The smallest absolute Gasteiger partial charge is 0.149 e. The summed E-state index contributed by atoms with van der Waals surface area (Å²) >= 11 is 1.60. The van der Waals surface area contributed by atoms with Crippen molar-refractivity contribution < 1.29 is 4.39 Å². The molecule has 0 amide bonds. The molecule has 4 rings (SSSR count). The molecule has 0 aliphatic rings. The Bertz CT molecular complexity index is 1430. The number of fused-ring (bicyclic) bond motifs is 1. The number of allylic oxidation sites excluding steroid dienone is 6. The Labute approximate surface area is 209 Å². The van der Waals surface area contributed by atoms with Gasteiger partial charge in [-0.1, -0.05) is 42.9 Å². The number of nitrogens with one attached hydrogen (secondary N) is 1. The number of anilines is 1. The molecule has 5 nitrogen and oxygen atoms in total. The van der Waals surface area contributed by atoms with Gasteiger partial charge in [-0.25, -0.2) is 19.3 Å². The van der Waals surface area contributed by atoms with Gasteiger partial charge in [0.05, 0.1) is 21.4 Å². The first-order valence-electron chi connectivity index (χ1n) is 11.5. The zero-order valence-electron chi connectivity index (χ0n) is 20.3. The van der Waals surface area contributed by atoms with E-state index in [1.807, 2.05) is 56.6 Å². The lowest BCUT2D eigenvalue weighted by Crippen LogP contribution is -2.06. The van der Waals surface area contributed by atoms with Crippen LogP contribution in [0.4, 0.5) is 10.2 Å². The average Bonchev–Trinajstić information content (AvgIpc) is 3.31. The second kappa shape index (κ2) is 11.1. The molecule has 0 atom stereocenters. The van der Waals surface area contributed by atoms with Gasteiger partial charge >= 0.3 is 0 Å². The van der Waals surface area contributed by atoms with Crippen molar-refractivity contribution >= 4 is 32.9 Å². The summed E-state index contributed by atoms with van der Waals surface area (Å²) in [5.41, 5.74) is 8.52. The number of hydrogen-bond acceptors (Lipinski definition) is 6. The van der Waals surface area contributed by atoms with E-state index < -0.39 is 0 Å². The summed E-state index contributed by atoms with van der Waals surface area (Å²) in [5.74, 6) is 0.356. The molecule has 0 bridgehead atoms. The Balaban J connectivity index is 1.54. The molecular weight excluding hydrogens is 457 g/mol. The summed E-state index contributed by atoms with van der Waals surface area (Å²) in [4.78, 5) is 17.7. The third-order valence-corrected chi connectivity index (χ3v) is 6.37. The summed E-state index contributed by atoms with van der Waals surface area (Å²) < 4.78 is 16.2. The van der Waals surface area contributed by atoms with E-state index >= 15 is 4.39 Å². The third kappa shape index (κ3) is 5.69. The molecule has 1 aromatic carbocycles. The van der Waals surface area contributed by atoms with E-state index in [1.54, 1.807) is 23.9 Å². The molecule has 178 valence electrons. The average molecular weight is 486 g/mol. The van der Waals surface area contributed by atoms with Crippen molar-refractivity contribution in [1.29, 1.82) is 0 Å².